The molecule has 1 aliphatic carbocycles. The number of esters is 1. The number of hydrogen-bond donors (Lipinski definition) is 2. The molecule has 0 bridgehead atoms. The Morgan fingerprint density at radius 3 is 1.90 bits per heavy atom. The van der Waals surface area contributed by atoms with Crippen LogP contribution in [0.1, 0.15) is 84.5 Å². The van der Waals surface area contributed by atoms with Crippen molar-refractivity contribution in [2.24, 2.45) is 11.8 Å². The van der Waals surface area contributed by atoms with E-state index < -0.39 is 71.2 Å². The number of fused-ring (bicyclic) bond motifs is 1. The molecule has 0 saturated carbocycles. The molecule has 3 atom stereocenters. The summed E-state index contributed by atoms with van der Waals surface area (Å²) in [5.41, 5.74) is 0.350. The Morgan fingerprint density at radius 2 is 1.45 bits per heavy atom. The van der Waals surface area contributed by atoms with Crippen LogP contribution in [0.2, 0.25) is 0 Å². The second-order valence-electron chi connectivity index (χ2n) is 14.7. The highest BCUT2D eigenvalue weighted by atomic mass is 19.4. The minimum atomic E-state index is -4.96. The smallest absolute Gasteiger partial charge is 0.467 e. The molecule has 0 fully saturated rings. The van der Waals surface area contributed by atoms with Gasteiger partial charge >= 0.3 is 18.4 Å². The van der Waals surface area contributed by atoms with Crippen molar-refractivity contribution in [3.05, 3.63) is 65.2 Å². The van der Waals surface area contributed by atoms with Crippen LogP contribution in [0.25, 0.3) is 0 Å². The van der Waals surface area contributed by atoms with Gasteiger partial charge in [-0.1, -0.05) is 50.2 Å². The lowest BCUT2D eigenvalue weighted by atomic mass is 9.91. The Morgan fingerprint density at radius 1 is 0.898 bits per heavy atom. The third-order valence-corrected chi connectivity index (χ3v) is 7.70. The molecule has 2 aromatic rings. The fourth-order valence-corrected chi connectivity index (χ4v) is 5.90. The molecule has 0 spiro atoms. The first-order valence-electron chi connectivity index (χ1n) is 16.2. The average Bonchev–Trinajstić information content (AvgIpc) is 3.39. The van der Waals surface area contributed by atoms with Crippen molar-refractivity contribution in [1.29, 1.82) is 0 Å². The molecule has 3 rings (SSSR count). The summed E-state index contributed by atoms with van der Waals surface area (Å²) in [5.74, 6) is -3.48. The molecule has 0 saturated heterocycles. The van der Waals surface area contributed by atoms with Gasteiger partial charge in [-0.2, -0.15) is 0 Å². The van der Waals surface area contributed by atoms with E-state index in [0.717, 1.165) is 35.3 Å². The van der Waals surface area contributed by atoms with Crippen LogP contribution >= 0.6 is 0 Å². The molecule has 2 aromatic carbocycles. The quantitative estimate of drug-likeness (QED) is 0.267. The molecule has 270 valence electrons. The van der Waals surface area contributed by atoms with Crippen molar-refractivity contribution in [2.75, 3.05) is 7.11 Å². The molecule has 0 aromatic heterocycles. The SMILES string of the molecule is COC(=O)[C@@H](CC(C)C)N(C(=O)[C@H](NC(=O)OC(C)(C)C)C1Cc2ccccc2C1)C(C(=O)NC(C)(C)C)c1ccc(OC(F)(F)F)cc1. The third kappa shape index (κ3) is 11.4. The first kappa shape index (κ1) is 39.2. The highest BCUT2D eigenvalue weighted by Gasteiger charge is 2.47. The number of carbonyl (C=O) groups excluding carboxylic acids is 4. The number of alkyl carbamates (subject to hydrolysis) is 1. The van der Waals surface area contributed by atoms with E-state index in [9.17, 15) is 27.6 Å². The lowest BCUT2D eigenvalue weighted by molar-refractivity contribution is -0.274. The van der Waals surface area contributed by atoms with Gasteiger partial charge in [0.05, 0.1) is 7.11 Å². The molecule has 10 nitrogen and oxygen atoms in total. The van der Waals surface area contributed by atoms with Gasteiger partial charge in [0.15, 0.2) is 0 Å². The zero-order valence-corrected chi connectivity index (χ0v) is 29.6. The number of carbonyl (C=O) groups is 4. The van der Waals surface area contributed by atoms with Gasteiger partial charge in [0.2, 0.25) is 11.8 Å². The molecule has 3 amide bonds. The van der Waals surface area contributed by atoms with Crippen LogP contribution in [0.4, 0.5) is 18.0 Å². The maximum Gasteiger partial charge on any atom is 0.573 e. The first-order chi connectivity index (χ1) is 22.6. The van der Waals surface area contributed by atoms with Crippen molar-refractivity contribution in [3.63, 3.8) is 0 Å². The summed E-state index contributed by atoms with van der Waals surface area (Å²) in [7, 11) is 1.16. The lowest BCUT2D eigenvalue weighted by Gasteiger charge is -2.41. The van der Waals surface area contributed by atoms with E-state index in [4.69, 9.17) is 9.47 Å². The van der Waals surface area contributed by atoms with E-state index in [-0.39, 0.29) is 17.9 Å². The van der Waals surface area contributed by atoms with Crippen molar-refractivity contribution >= 4 is 23.9 Å². The zero-order chi connectivity index (χ0) is 36.9. The predicted molar refractivity (Wildman–Crippen MR) is 176 cm³/mol. The Hall–Kier alpha value is -4.29. The Kier molecular flexibility index (Phi) is 12.4. The number of ether oxygens (including phenoxy) is 3. The number of benzene rings is 2. The largest absolute Gasteiger partial charge is 0.573 e. The molecule has 1 unspecified atom stereocenters. The number of hydrogen-bond acceptors (Lipinski definition) is 7. The van der Waals surface area contributed by atoms with Gasteiger partial charge in [0.1, 0.15) is 29.5 Å². The average molecular weight is 692 g/mol. The molecule has 0 heterocycles. The maximum atomic E-state index is 15.2. The molecular weight excluding hydrogens is 643 g/mol. The monoisotopic (exact) mass is 691 g/mol. The van der Waals surface area contributed by atoms with Gasteiger partial charge < -0.3 is 29.7 Å². The van der Waals surface area contributed by atoms with Crippen molar-refractivity contribution in [3.8, 4) is 5.75 Å². The molecule has 0 aliphatic heterocycles. The minimum Gasteiger partial charge on any atom is -0.467 e. The van der Waals surface area contributed by atoms with Gasteiger partial charge in [-0.15, -0.1) is 13.2 Å². The highest BCUT2D eigenvalue weighted by Crippen LogP contribution is 2.35. The van der Waals surface area contributed by atoms with Crippen LogP contribution in [0.15, 0.2) is 48.5 Å². The van der Waals surface area contributed by atoms with Gasteiger partial charge in [0.25, 0.3) is 0 Å². The number of methoxy groups -OCH3 is 1. The lowest BCUT2D eigenvalue weighted by Crippen LogP contribution is -2.61. The van der Waals surface area contributed by atoms with Crippen LogP contribution in [0.3, 0.4) is 0 Å². The Bertz CT molecular complexity index is 1460. The van der Waals surface area contributed by atoms with E-state index in [0.29, 0.717) is 12.8 Å². The number of halogens is 3. The fourth-order valence-electron chi connectivity index (χ4n) is 5.90. The molecule has 1 aliphatic rings. The van der Waals surface area contributed by atoms with E-state index in [1.165, 1.54) is 12.1 Å². The Labute approximate surface area is 286 Å². The zero-order valence-electron chi connectivity index (χ0n) is 29.6. The van der Waals surface area contributed by atoms with Crippen molar-refractivity contribution in [1.82, 2.24) is 15.5 Å². The maximum absolute atomic E-state index is 15.2. The number of alkyl halides is 3. The number of nitrogens with one attached hydrogen (secondary N) is 2. The van der Waals surface area contributed by atoms with Gasteiger partial charge in [0, 0.05) is 5.54 Å². The second kappa shape index (κ2) is 15.5. The standard InChI is InChI=1S/C36H48F3N3O7/c1-21(2)18-27(32(45)47-9)42(29(30(43)41-34(3,4)5)22-14-16-26(17-15-22)48-36(37,38)39)31(44)28(40-33(46)49-35(6,7)8)25-19-23-12-10-11-13-24(23)20-25/h10-17,21,25,27-29H,18-20H2,1-9H3,(H,40,46)(H,41,43)/t27-,28-,29?/m1/s1. The van der Waals surface area contributed by atoms with Crippen LogP contribution in [0, 0.1) is 11.8 Å². The molecule has 13 heteroatoms. The van der Waals surface area contributed by atoms with Gasteiger partial charge in [-0.25, -0.2) is 9.59 Å². The molecule has 0 radical (unpaired) electrons. The van der Waals surface area contributed by atoms with Gasteiger partial charge in [-0.05, 0) is 101 Å². The molecule has 2 N–H and O–H groups in total. The third-order valence-electron chi connectivity index (χ3n) is 7.70. The van der Waals surface area contributed by atoms with Gasteiger partial charge in [-0.3, -0.25) is 9.59 Å². The predicted octanol–water partition coefficient (Wildman–Crippen LogP) is 6.27. The van der Waals surface area contributed by atoms with Crippen molar-refractivity contribution < 1.29 is 46.6 Å². The number of amides is 3. The number of nitrogens with zero attached hydrogens (tertiary/aromatic N) is 1. The van der Waals surface area contributed by atoms with Crippen LogP contribution in [0.5, 0.6) is 5.75 Å². The first-order valence-corrected chi connectivity index (χ1v) is 16.2. The summed E-state index contributed by atoms with van der Waals surface area (Å²) >= 11 is 0. The van der Waals surface area contributed by atoms with Crippen molar-refractivity contribution in [2.45, 2.75) is 110 Å². The highest BCUT2D eigenvalue weighted by molar-refractivity contribution is 5.95. The van der Waals surface area contributed by atoms with Crippen LogP contribution < -0.4 is 15.4 Å². The van der Waals surface area contributed by atoms with E-state index in [1.54, 1.807) is 41.5 Å². The normalized spacial score (nSPS) is 15.4. The Balaban J connectivity index is 2.26. The van der Waals surface area contributed by atoms with E-state index in [1.807, 2.05) is 38.1 Å². The summed E-state index contributed by atoms with van der Waals surface area (Å²) in [4.78, 5) is 57.4. The summed E-state index contributed by atoms with van der Waals surface area (Å²) in [5, 5.41) is 5.60. The molecule has 49 heavy (non-hydrogen) atoms. The summed E-state index contributed by atoms with van der Waals surface area (Å²) in [6.45, 7) is 13.9. The molecular formula is C36H48F3N3O7. The fraction of sp³-hybridized carbons (Fsp3) is 0.556. The summed E-state index contributed by atoms with van der Waals surface area (Å²) < 4.78 is 53.8. The van der Waals surface area contributed by atoms with E-state index >= 15 is 4.79 Å². The summed E-state index contributed by atoms with van der Waals surface area (Å²) in [6, 6.07) is 8.00. The van der Waals surface area contributed by atoms with E-state index in [2.05, 4.69) is 15.4 Å². The number of rotatable bonds is 11. The van der Waals surface area contributed by atoms with Crippen LogP contribution in [-0.2, 0) is 36.7 Å². The topological polar surface area (TPSA) is 123 Å². The minimum absolute atomic E-state index is 0.0665. The second-order valence-corrected chi connectivity index (χ2v) is 14.7. The van der Waals surface area contributed by atoms with Crippen LogP contribution in [-0.4, -0.2) is 65.5 Å². The summed E-state index contributed by atoms with van der Waals surface area (Å²) in [6.07, 6.45) is -4.95.